The van der Waals surface area contributed by atoms with Crippen molar-refractivity contribution in [2.24, 2.45) is 0 Å². The summed E-state index contributed by atoms with van der Waals surface area (Å²) in [5.74, 6) is -0.268. The molecule has 160 valence electrons. The number of benzene rings is 2. The number of nitrogens with zero attached hydrogens (tertiary/aromatic N) is 2. The molecule has 8 heteroatoms. The van der Waals surface area contributed by atoms with E-state index in [1.165, 1.54) is 0 Å². The van der Waals surface area contributed by atoms with E-state index in [2.05, 4.69) is 26.2 Å². The minimum Gasteiger partial charge on any atom is -0.322 e. The number of hydrogen-bond acceptors (Lipinski definition) is 4. The Morgan fingerprint density at radius 1 is 1.03 bits per heavy atom. The third-order valence-corrected chi connectivity index (χ3v) is 7.97. The van der Waals surface area contributed by atoms with Crippen LogP contribution in [0.3, 0.4) is 0 Å². The highest BCUT2D eigenvalue weighted by Gasteiger charge is 2.34. The number of piperidine rings is 1. The van der Waals surface area contributed by atoms with Gasteiger partial charge in [0.1, 0.15) is 0 Å². The van der Waals surface area contributed by atoms with E-state index in [9.17, 15) is 13.2 Å². The molecular weight excluding hydrogens is 478 g/mol. The summed E-state index contributed by atoms with van der Waals surface area (Å²) in [5, 5.41) is 2.81. The quantitative estimate of drug-likeness (QED) is 0.534. The fourth-order valence-electron chi connectivity index (χ4n) is 3.79. The fourth-order valence-corrected chi connectivity index (χ4v) is 5.94. The highest BCUT2D eigenvalue weighted by atomic mass is 79.9. The number of amides is 1. The van der Waals surface area contributed by atoms with Gasteiger partial charge in [0.15, 0.2) is 0 Å². The Morgan fingerprint density at radius 3 is 2.52 bits per heavy atom. The van der Waals surface area contributed by atoms with Crippen LogP contribution in [-0.2, 0) is 10.0 Å². The zero-order valence-electron chi connectivity index (χ0n) is 16.7. The molecule has 1 aromatic heterocycles. The van der Waals surface area contributed by atoms with Crippen LogP contribution in [0.25, 0.3) is 0 Å². The number of sulfonamides is 1. The first-order chi connectivity index (χ1) is 15.0. The smallest absolute Gasteiger partial charge is 0.256 e. The number of pyridine rings is 1. The van der Waals surface area contributed by atoms with Crippen LogP contribution < -0.4 is 5.32 Å². The minimum absolute atomic E-state index is 0.210. The lowest BCUT2D eigenvalue weighted by Gasteiger charge is -2.34. The normalized spacial score (nSPS) is 17.3. The molecule has 1 N–H and O–H groups in total. The molecule has 0 spiro atoms. The predicted molar refractivity (Wildman–Crippen MR) is 123 cm³/mol. The molecule has 1 aliphatic heterocycles. The Labute approximate surface area is 190 Å². The number of aromatic nitrogens is 1. The summed E-state index contributed by atoms with van der Waals surface area (Å²) in [5.41, 5.74) is 1.94. The molecule has 2 heterocycles. The molecule has 6 nitrogen and oxygen atoms in total. The topological polar surface area (TPSA) is 79.4 Å². The molecule has 0 aliphatic carbocycles. The van der Waals surface area contributed by atoms with Crippen molar-refractivity contribution < 1.29 is 13.2 Å². The van der Waals surface area contributed by atoms with Gasteiger partial charge in [-0.3, -0.25) is 9.78 Å². The number of hydrogen-bond donors (Lipinski definition) is 1. The van der Waals surface area contributed by atoms with Crippen molar-refractivity contribution in [2.45, 2.75) is 30.2 Å². The molecule has 0 bridgehead atoms. The summed E-state index contributed by atoms with van der Waals surface area (Å²) in [6, 6.07) is 17.0. The molecule has 1 fully saturated rings. The monoisotopic (exact) mass is 499 g/mol. The van der Waals surface area contributed by atoms with Crippen LogP contribution in [0.1, 0.15) is 41.2 Å². The van der Waals surface area contributed by atoms with Gasteiger partial charge in [-0.1, -0.05) is 24.6 Å². The van der Waals surface area contributed by atoms with Crippen molar-refractivity contribution in [2.75, 3.05) is 11.9 Å². The number of carbonyl (C=O) groups is 1. The van der Waals surface area contributed by atoms with E-state index >= 15 is 0 Å². The third kappa shape index (κ3) is 4.71. The highest BCUT2D eigenvalue weighted by Crippen LogP contribution is 2.35. The molecule has 1 aliphatic rings. The first-order valence-corrected chi connectivity index (χ1v) is 12.3. The minimum atomic E-state index is -3.68. The highest BCUT2D eigenvalue weighted by molar-refractivity contribution is 9.10. The lowest BCUT2D eigenvalue weighted by molar-refractivity contribution is 0.102. The number of anilines is 1. The third-order valence-electron chi connectivity index (χ3n) is 5.36. The lowest BCUT2D eigenvalue weighted by Crippen LogP contribution is -2.38. The molecule has 3 aromatic rings. The zero-order valence-corrected chi connectivity index (χ0v) is 19.1. The molecule has 0 radical (unpaired) electrons. The van der Waals surface area contributed by atoms with Crippen molar-refractivity contribution in [3.8, 4) is 0 Å². The second-order valence-electron chi connectivity index (χ2n) is 7.37. The summed E-state index contributed by atoms with van der Waals surface area (Å²) in [6.45, 7) is 0.475. The van der Waals surface area contributed by atoms with Gasteiger partial charge in [-0.15, -0.1) is 0 Å². The maximum absolute atomic E-state index is 13.4. The van der Waals surface area contributed by atoms with E-state index in [4.69, 9.17) is 0 Å². The summed E-state index contributed by atoms with van der Waals surface area (Å²) in [4.78, 5) is 16.9. The van der Waals surface area contributed by atoms with Crippen molar-refractivity contribution in [1.29, 1.82) is 0 Å². The van der Waals surface area contributed by atoms with Crippen LogP contribution in [0, 0.1) is 0 Å². The van der Waals surface area contributed by atoms with Gasteiger partial charge < -0.3 is 5.32 Å². The number of nitrogens with one attached hydrogen (secondary N) is 1. The first kappa shape index (κ1) is 21.7. The van der Waals surface area contributed by atoms with Gasteiger partial charge in [0, 0.05) is 29.1 Å². The van der Waals surface area contributed by atoms with E-state index in [1.54, 1.807) is 59.2 Å². The predicted octanol–water partition coefficient (Wildman–Crippen LogP) is 5.01. The maximum atomic E-state index is 13.4. The van der Waals surface area contributed by atoms with Crippen LogP contribution in [-0.4, -0.2) is 30.2 Å². The van der Waals surface area contributed by atoms with E-state index in [1.807, 2.05) is 18.2 Å². The van der Waals surface area contributed by atoms with Gasteiger partial charge >= 0.3 is 0 Å². The maximum Gasteiger partial charge on any atom is 0.256 e. The van der Waals surface area contributed by atoms with Crippen LogP contribution in [0.2, 0.25) is 0 Å². The standard InChI is InChI=1S/C23H22BrN3O3S/c24-21-8-2-1-7-20(21)23(28)26-18-10-12-19(13-11-18)31(29,30)27-15-4-3-9-22(27)17-6-5-14-25-16-17/h1-2,5-8,10-14,16,22H,3-4,9,15H2,(H,26,28)/t22-/m1/s1. The van der Waals surface area contributed by atoms with Crippen LogP contribution in [0.5, 0.6) is 0 Å². The number of carbonyl (C=O) groups excluding carboxylic acids is 1. The molecule has 4 rings (SSSR count). The zero-order chi connectivity index (χ0) is 21.8. The average Bonchev–Trinajstić information content (AvgIpc) is 2.80. The Bertz CT molecular complexity index is 1170. The average molecular weight is 500 g/mol. The fraction of sp³-hybridized carbons (Fsp3) is 0.217. The molecule has 1 amide bonds. The molecule has 0 unspecified atom stereocenters. The first-order valence-electron chi connectivity index (χ1n) is 10.0. The van der Waals surface area contributed by atoms with Crippen molar-refractivity contribution in [3.05, 3.63) is 88.7 Å². The van der Waals surface area contributed by atoms with Gasteiger partial charge in [0.05, 0.1) is 16.5 Å². The van der Waals surface area contributed by atoms with E-state index in [0.717, 1.165) is 24.8 Å². The van der Waals surface area contributed by atoms with Crippen molar-refractivity contribution >= 4 is 37.5 Å². The number of halogens is 1. The van der Waals surface area contributed by atoms with Crippen LogP contribution in [0.15, 0.2) is 82.4 Å². The Balaban J connectivity index is 1.55. The van der Waals surface area contributed by atoms with Gasteiger partial charge in [-0.25, -0.2) is 8.42 Å². The largest absolute Gasteiger partial charge is 0.322 e. The molecule has 0 saturated carbocycles. The molecule has 2 aromatic carbocycles. The second-order valence-corrected chi connectivity index (χ2v) is 10.1. The van der Waals surface area contributed by atoms with Gasteiger partial charge in [0.25, 0.3) is 5.91 Å². The lowest BCUT2D eigenvalue weighted by atomic mass is 9.99. The van der Waals surface area contributed by atoms with Crippen molar-refractivity contribution in [1.82, 2.24) is 9.29 Å². The summed E-state index contributed by atoms with van der Waals surface area (Å²) in [7, 11) is -3.68. The second kappa shape index (κ2) is 9.30. The van der Waals surface area contributed by atoms with Crippen LogP contribution in [0.4, 0.5) is 5.69 Å². The Morgan fingerprint density at radius 2 is 1.81 bits per heavy atom. The summed E-state index contributed by atoms with van der Waals surface area (Å²) in [6.07, 6.45) is 6.00. The van der Waals surface area contributed by atoms with Gasteiger partial charge in [-0.2, -0.15) is 4.31 Å². The van der Waals surface area contributed by atoms with E-state index in [-0.39, 0.29) is 16.8 Å². The van der Waals surface area contributed by atoms with E-state index < -0.39 is 10.0 Å². The SMILES string of the molecule is O=C(Nc1ccc(S(=O)(=O)N2CCCC[C@@H]2c2cccnc2)cc1)c1ccccc1Br. The molecule has 31 heavy (non-hydrogen) atoms. The number of rotatable bonds is 5. The summed E-state index contributed by atoms with van der Waals surface area (Å²) >= 11 is 3.37. The van der Waals surface area contributed by atoms with Gasteiger partial charge in [-0.05, 0) is 76.8 Å². The van der Waals surface area contributed by atoms with Crippen molar-refractivity contribution in [3.63, 3.8) is 0 Å². The molecule has 1 atom stereocenters. The molecule has 1 saturated heterocycles. The van der Waals surface area contributed by atoms with Gasteiger partial charge in [0.2, 0.25) is 10.0 Å². The summed E-state index contributed by atoms with van der Waals surface area (Å²) < 4.78 is 29.0. The Hall–Kier alpha value is -2.55. The van der Waals surface area contributed by atoms with E-state index in [0.29, 0.717) is 22.3 Å². The molecular formula is C23H22BrN3O3S. The Kier molecular flexibility index (Phi) is 6.50. The van der Waals surface area contributed by atoms with Crippen LogP contribution >= 0.6 is 15.9 Å².